The molecule has 0 rings (SSSR count). The first-order valence-corrected chi connectivity index (χ1v) is 8.32. The predicted molar refractivity (Wildman–Crippen MR) is 71.6 cm³/mol. The second-order valence-electron chi connectivity index (χ2n) is 5.81. The third kappa shape index (κ3) is 3.60. The van der Waals surface area contributed by atoms with Crippen molar-refractivity contribution >= 4 is 8.32 Å². The molecule has 1 nitrogen and oxygen atoms in total. The molecule has 1 radical (unpaired) electrons. The van der Waals surface area contributed by atoms with Crippen molar-refractivity contribution in [1.82, 2.24) is 0 Å². The molecular weight excluding hydrogens is 200 g/mol. The van der Waals surface area contributed by atoms with Gasteiger partial charge in [-0.1, -0.05) is 55.4 Å². The van der Waals surface area contributed by atoms with Crippen molar-refractivity contribution in [2.45, 2.75) is 72.0 Å². The van der Waals surface area contributed by atoms with E-state index in [0.717, 1.165) is 6.61 Å². The molecule has 2 heteroatoms. The lowest BCUT2D eigenvalue weighted by Gasteiger charge is -2.42. The Labute approximate surface area is 97.7 Å². The molecule has 0 spiro atoms. The molecule has 0 saturated heterocycles. The highest BCUT2D eigenvalue weighted by Gasteiger charge is 2.44. The molecule has 0 saturated carbocycles. The quantitative estimate of drug-likeness (QED) is 0.595. The summed E-state index contributed by atoms with van der Waals surface area (Å²) < 4.78 is 6.38. The van der Waals surface area contributed by atoms with E-state index in [1.165, 1.54) is 5.92 Å². The molecule has 0 aromatic carbocycles. The van der Waals surface area contributed by atoms with Crippen molar-refractivity contribution in [3.05, 3.63) is 5.92 Å². The molecule has 0 amide bonds. The highest BCUT2D eigenvalue weighted by molar-refractivity contribution is 6.77. The third-order valence-electron chi connectivity index (χ3n) is 3.32. The molecular formula is C13H29OSi. The molecule has 0 bridgehead atoms. The van der Waals surface area contributed by atoms with Crippen molar-refractivity contribution in [3.8, 4) is 0 Å². The lowest BCUT2D eigenvalue weighted by atomic mass is 10.2. The highest BCUT2D eigenvalue weighted by atomic mass is 28.4. The molecule has 0 fully saturated rings. The van der Waals surface area contributed by atoms with Crippen LogP contribution in [0, 0.1) is 5.92 Å². The molecule has 0 aromatic rings. The Balaban J connectivity index is 4.80. The van der Waals surface area contributed by atoms with Gasteiger partial charge < -0.3 is 4.43 Å². The highest BCUT2D eigenvalue weighted by Crippen LogP contribution is 2.42. The van der Waals surface area contributed by atoms with Crippen LogP contribution in [0.1, 0.15) is 55.4 Å². The zero-order chi connectivity index (χ0) is 12.2. The van der Waals surface area contributed by atoms with Crippen molar-refractivity contribution in [2.75, 3.05) is 6.61 Å². The van der Waals surface area contributed by atoms with Crippen LogP contribution in [0.25, 0.3) is 0 Å². The molecule has 91 valence electrons. The second-order valence-corrected chi connectivity index (χ2v) is 11.3. The van der Waals surface area contributed by atoms with Gasteiger partial charge >= 0.3 is 0 Å². The van der Waals surface area contributed by atoms with E-state index >= 15 is 0 Å². The molecule has 0 aliphatic heterocycles. The molecule has 0 unspecified atom stereocenters. The first-order chi connectivity index (χ1) is 6.75. The topological polar surface area (TPSA) is 9.23 Å². The van der Waals surface area contributed by atoms with Gasteiger partial charge in [-0.25, -0.2) is 0 Å². The van der Waals surface area contributed by atoms with Crippen LogP contribution in [0.5, 0.6) is 0 Å². The standard InChI is InChI=1S/C13H29OSi/c1-10(2)9-14-15(11(3)4,12(5)6)13(7)8/h11-13H,9H2,1-8H3. The summed E-state index contributed by atoms with van der Waals surface area (Å²) in [6, 6.07) is 0. The van der Waals surface area contributed by atoms with Gasteiger partial charge in [-0.2, -0.15) is 0 Å². The van der Waals surface area contributed by atoms with Gasteiger partial charge in [-0.3, -0.25) is 0 Å². The van der Waals surface area contributed by atoms with Crippen molar-refractivity contribution < 1.29 is 4.43 Å². The lowest BCUT2D eigenvalue weighted by Crippen LogP contribution is -2.48. The van der Waals surface area contributed by atoms with Gasteiger partial charge in [0.1, 0.15) is 0 Å². The van der Waals surface area contributed by atoms with Crippen LogP contribution in [-0.2, 0) is 4.43 Å². The molecule has 0 heterocycles. The molecule has 0 aliphatic rings. The van der Waals surface area contributed by atoms with E-state index < -0.39 is 8.32 Å². The van der Waals surface area contributed by atoms with Gasteiger partial charge in [0.15, 0.2) is 8.32 Å². The average Bonchev–Trinajstić information content (AvgIpc) is 2.02. The van der Waals surface area contributed by atoms with Crippen LogP contribution < -0.4 is 0 Å². The smallest absolute Gasteiger partial charge is 0.200 e. The summed E-state index contributed by atoms with van der Waals surface area (Å²) in [6.45, 7) is 19.1. The summed E-state index contributed by atoms with van der Waals surface area (Å²) in [7, 11) is -1.61. The Morgan fingerprint density at radius 2 is 1.20 bits per heavy atom. The summed E-state index contributed by atoms with van der Waals surface area (Å²) in [5, 5.41) is 0. The van der Waals surface area contributed by atoms with Crippen molar-refractivity contribution in [2.24, 2.45) is 0 Å². The summed E-state index contributed by atoms with van der Waals surface area (Å²) in [5.74, 6) is 1.38. The zero-order valence-electron chi connectivity index (χ0n) is 11.8. The minimum atomic E-state index is -1.61. The average molecular weight is 229 g/mol. The van der Waals surface area contributed by atoms with E-state index in [9.17, 15) is 0 Å². The molecule has 0 atom stereocenters. The Morgan fingerprint density at radius 1 is 0.867 bits per heavy atom. The predicted octanol–water partition coefficient (Wildman–Crippen LogP) is 4.79. The largest absolute Gasteiger partial charge is 0.415 e. The first kappa shape index (κ1) is 15.2. The maximum Gasteiger partial charge on any atom is 0.200 e. The van der Waals surface area contributed by atoms with Crippen LogP contribution in [-0.4, -0.2) is 14.9 Å². The van der Waals surface area contributed by atoms with Crippen molar-refractivity contribution in [1.29, 1.82) is 0 Å². The van der Waals surface area contributed by atoms with E-state index in [1.807, 2.05) is 0 Å². The molecule has 0 N–H and O–H groups in total. The monoisotopic (exact) mass is 229 g/mol. The van der Waals surface area contributed by atoms with E-state index in [1.54, 1.807) is 0 Å². The summed E-state index contributed by atoms with van der Waals surface area (Å²) in [4.78, 5) is 0. The van der Waals surface area contributed by atoms with E-state index in [-0.39, 0.29) is 0 Å². The Morgan fingerprint density at radius 3 is 1.40 bits per heavy atom. The zero-order valence-corrected chi connectivity index (χ0v) is 12.8. The van der Waals surface area contributed by atoms with E-state index in [4.69, 9.17) is 4.43 Å². The Bertz CT molecular complexity index is 152. The van der Waals surface area contributed by atoms with E-state index in [2.05, 4.69) is 55.4 Å². The van der Waals surface area contributed by atoms with Gasteiger partial charge in [0.25, 0.3) is 0 Å². The molecule has 0 aliphatic carbocycles. The minimum Gasteiger partial charge on any atom is -0.415 e. The van der Waals surface area contributed by atoms with Gasteiger partial charge in [-0.05, 0) is 22.5 Å². The summed E-state index contributed by atoms with van der Waals surface area (Å²) in [5.41, 5.74) is 2.07. The van der Waals surface area contributed by atoms with Crippen LogP contribution >= 0.6 is 0 Å². The second kappa shape index (κ2) is 6.05. The number of hydrogen-bond donors (Lipinski definition) is 0. The summed E-state index contributed by atoms with van der Waals surface area (Å²) in [6.07, 6.45) is 0. The Kier molecular flexibility index (Phi) is 6.12. The van der Waals surface area contributed by atoms with Crippen molar-refractivity contribution in [3.63, 3.8) is 0 Å². The van der Waals surface area contributed by atoms with Gasteiger partial charge in [-0.15, -0.1) is 0 Å². The first-order valence-electron chi connectivity index (χ1n) is 6.18. The molecule has 0 aromatic heterocycles. The van der Waals surface area contributed by atoms with Gasteiger partial charge in [0, 0.05) is 6.61 Å². The number of hydrogen-bond acceptors (Lipinski definition) is 1. The summed E-state index contributed by atoms with van der Waals surface area (Å²) >= 11 is 0. The Hall–Kier alpha value is 0.177. The third-order valence-corrected chi connectivity index (χ3v) is 9.38. The maximum absolute atomic E-state index is 6.38. The van der Waals surface area contributed by atoms with Crippen LogP contribution in [0.4, 0.5) is 0 Å². The lowest BCUT2D eigenvalue weighted by molar-refractivity contribution is 0.291. The van der Waals surface area contributed by atoms with Gasteiger partial charge in [0.2, 0.25) is 0 Å². The fourth-order valence-electron chi connectivity index (χ4n) is 2.77. The fraction of sp³-hybridized carbons (Fsp3) is 0.923. The fourth-order valence-corrected chi connectivity index (χ4v) is 8.31. The van der Waals surface area contributed by atoms with Crippen LogP contribution in [0.15, 0.2) is 0 Å². The van der Waals surface area contributed by atoms with E-state index in [0.29, 0.717) is 16.6 Å². The maximum atomic E-state index is 6.38. The molecule has 15 heavy (non-hydrogen) atoms. The van der Waals surface area contributed by atoms with Gasteiger partial charge in [0.05, 0.1) is 0 Å². The van der Waals surface area contributed by atoms with Crippen LogP contribution in [0.2, 0.25) is 16.6 Å². The normalized spacial score (nSPS) is 13.6. The van der Waals surface area contributed by atoms with Crippen LogP contribution in [0.3, 0.4) is 0 Å². The number of rotatable bonds is 6. The SMILES string of the molecule is C[C](C)CO[Si](C(C)C)(C(C)C)C(C)C. The minimum absolute atomic E-state index is 0.692.